The van der Waals surface area contributed by atoms with Gasteiger partial charge >= 0.3 is 12.3 Å². The van der Waals surface area contributed by atoms with Gasteiger partial charge < -0.3 is 63.4 Å². The van der Waals surface area contributed by atoms with Crippen LogP contribution in [-0.2, 0) is 18.9 Å². The number of ether oxygens (including phenoxy) is 8. The van der Waals surface area contributed by atoms with Crippen LogP contribution in [0.2, 0.25) is 0 Å². The van der Waals surface area contributed by atoms with Gasteiger partial charge in [-0.3, -0.25) is 0 Å². The van der Waals surface area contributed by atoms with Crippen LogP contribution in [0.5, 0.6) is 51.7 Å². The molecule has 0 saturated carbocycles. The summed E-state index contributed by atoms with van der Waals surface area (Å²) in [5.74, 6) is 1.49. The molecule has 0 aliphatic heterocycles. The summed E-state index contributed by atoms with van der Waals surface area (Å²) in [6.07, 6.45) is -0.126. The van der Waals surface area contributed by atoms with Crippen LogP contribution in [0, 0.1) is 0 Å². The van der Waals surface area contributed by atoms with E-state index < -0.39 is 36.1 Å². The third kappa shape index (κ3) is 21.2. The van der Waals surface area contributed by atoms with Crippen LogP contribution in [0.1, 0.15) is 281 Å². The van der Waals surface area contributed by atoms with Crippen molar-refractivity contribution in [1.29, 1.82) is 0 Å². The number of carbonyl (C=O) groups is 2. The SMILES string of the molecule is CCOC(C)Oc1ccc(C(CC(C)c2ccc(O)c(C(C)c3ccc(O)c(C(C)c4ccc(OC(C)OCC)c(C(C)c5ccc(OC(=O)OC(C)(C)C)cc5)c4)c3)c2)CC(CC)c2ccc(O)c(C(C)c3ccc(O)c(C(C)c4ccc(O)c(C(C)c5ccc(OC(=O)OC(C)(C)C)cc5)c4)c3)c2)cc1. The summed E-state index contributed by atoms with van der Waals surface area (Å²) in [7, 11) is 0. The first-order chi connectivity index (χ1) is 50.7. The molecule has 15 nitrogen and oxygen atoms in total. The summed E-state index contributed by atoms with van der Waals surface area (Å²) in [4.78, 5) is 24.9. The van der Waals surface area contributed by atoms with Crippen LogP contribution in [0.25, 0.3) is 0 Å². The molecule has 0 aliphatic rings. The largest absolute Gasteiger partial charge is 0.514 e. The number of benzene rings is 9. The lowest BCUT2D eigenvalue weighted by atomic mass is 9.77. The molecule has 0 saturated heterocycles. The molecule has 11 unspecified atom stereocenters. The number of rotatable bonds is 30. The Kier molecular flexibility index (Phi) is 27.0. The highest BCUT2D eigenvalue weighted by atomic mass is 16.7. The number of phenolic OH excluding ortho intramolecular Hbond substituents is 5. The average molecular weight is 1460 g/mol. The molecule has 0 bridgehead atoms. The molecular weight excluding hydrogens is 1340 g/mol. The van der Waals surface area contributed by atoms with Crippen molar-refractivity contribution in [2.24, 2.45) is 0 Å². The Morgan fingerprint density at radius 1 is 0.327 bits per heavy atom. The van der Waals surface area contributed by atoms with Crippen LogP contribution < -0.4 is 18.9 Å². The number of phenols is 5. The minimum atomic E-state index is -0.791. The van der Waals surface area contributed by atoms with E-state index in [1.165, 1.54) is 0 Å². The second-order valence-corrected chi connectivity index (χ2v) is 30.5. The van der Waals surface area contributed by atoms with Crippen molar-refractivity contribution in [1.82, 2.24) is 0 Å². The van der Waals surface area contributed by atoms with Gasteiger partial charge in [-0.1, -0.05) is 165 Å². The molecular formula is C92H110O15. The van der Waals surface area contributed by atoms with Gasteiger partial charge in [0, 0.05) is 82.1 Å². The monoisotopic (exact) mass is 1450 g/mol. The summed E-state index contributed by atoms with van der Waals surface area (Å²) in [6, 6.07) is 57.8. The highest BCUT2D eigenvalue weighted by Gasteiger charge is 2.29. The Morgan fingerprint density at radius 3 is 1.01 bits per heavy atom. The fourth-order valence-electron chi connectivity index (χ4n) is 14.2. The second-order valence-electron chi connectivity index (χ2n) is 30.5. The van der Waals surface area contributed by atoms with Crippen LogP contribution in [0.4, 0.5) is 9.59 Å². The van der Waals surface area contributed by atoms with Crippen molar-refractivity contribution in [2.45, 2.75) is 221 Å². The van der Waals surface area contributed by atoms with Gasteiger partial charge in [0.15, 0.2) is 12.6 Å². The minimum Gasteiger partial charge on any atom is -0.508 e. The molecule has 107 heavy (non-hydrogen) atoms. The number of hydrogen-bond acceptors (Lipinski definition) is 15. The summed E-state index contributed by atoms with van der Waals surface area (Å²) in [5.41, 5.74) is 12.1. The van der Waals surface area contributed by atoms with Gasteiger partial charge in [-0.05, 0) is 229 Å². The van der Waals surface area contributed by atoms with Crippen LogP contribution in [0.3, 0.4) is 0 Å². The van der Waals surface area contributed by atoms with Gasteiger partial charge in [0.25, 0.3) is 0 Å². The maximum atomic E-state index is 12.5. The average Bonchev–Trinajstić information content (AvgIpc) is 1.18. The van der Waals surface area contributed by atoms with E-state index in [4.69, 9.17) is 37.9 Å². The molecule has 9 rings (SSSR count). The predicted molar refractivity (Wildman–Crippen MR) is 422 cm³/mol. The highest BCUT2D eigenvalue weighted by molar-refractivity contribution is 5.65. The van der Waals surface area contributed by atoms with Crippen molar-refractivity contribution in [3.05, 3.63) is 265 Å². The lowest BCUT2D eigenvalue weighted by Gasteiger charge is -2.28. The molecule has 15 heteroatoms. The summed E-state index contributed by atoms with van der Waals surface area (Å²) < 4.78 is 45.7. The Morgan fingerprint density at radius 2 is 0.626 bits per heavy atom. The van der Waals surface area contributed by atoms with Crippen LogP contribution in [0.15, 0.2) is 182 Å². The van der Waals surface area contributed by atoms with E-state index in [9.17, 15) is 35.1 Å². The first-order valence-electron chi connectivity index (χ1n) is 37.7. The zero-order valence-electron chi connectivity index (χ0n) is 65.5. The normalized spacial score (nSPS) is 14.9. The second kappa shape index (κ2) is 35.6. The standard InChI is InChI=1S/C92H110O15/c1-19-63(72-32-44-87(97)81(53-72)59(9)70-31-43-85(95)79(51-70)58(8)68-29-41-84(94)78(49-68)55(5)64-22-34-75(35-23-64)104-89(98)106-91(13,14)15)47-73(66-26-38-74(39-27-66)102-61(11)100-20-2)46-54(4)67-28-40-83(93)77(48-67)57(7)69-30-42-86(96)80(50-69)60(10)71-33-45-88(103-62(12)101-21-3)82(52-71)56(6)65-24-36-76(37-25-65)105-90(99)107-92(16,17)18/h22-45,48-63,73,93-97H,19-21,46-47H2,1-18H3. The number of aromatic hydroxyl groups is 5. The molecule has 0 aromatic heterocycles. The first-order valence-corrected chi connectivity index (χ1v) is 37.7. The topological polar surface area (TPSA) is 209 Å². The first kappa shape index (κ1) is 81.1. The fraction of sp³-hybridized carbons (Fsp3) is 0.391. The molecule has 5 N–H and O–H groups in total. The van der Waals surface area contributed by atoms with Crippen molar-refractivity contribution in [3.8, 4) is 51.7 Å². The Labute approximate surface area is 633 Å². The molecule has 568 valence electrons. The quantitative estimate of drug-likeness (QED) is 0.0161. The molecule has 0 radical (unpaired) electrons. The Balaban J connectivity index is 0.953. The van der Waals surface area contributed by atoms with Crippen molar-refractivity contribution < 1.29 is 73.0 Å². The molecule has 9 aromatic carbocycles. The van der Waals surface area contributed by atoms with Crippen LogP contribution >= 0.6 is 0 Å². The zero-order chi connectivity index (χ0) is 77.8. The van der Waals surface area contributed by atoms with Crippen molar-refractivity contribution in [3.63, 3.8) is 0 Å². The molecule has 0 amide bonds. The van der Waals surface area contributed by atoms with Gasteiger partial charge in [-0.25, -0.2) is 9.59 Å². The van der Waals surface area contributed by atoms with Crippen molar-refractivity contribution in [2.75, 3.05) is 13.2 Å². The van der Waals surface area contributed by atoms with Gasteiger partial charge in [-0.2, -0.15) is 0 Å². The van der Waals surface area contributed by atoms with E-state index in [-0.39, 0.29) is 82.0 Å². The Hall–Kier alpha value is -9.96. The molecule has 0 spiro atoms. The molecule has 0 fully saturated rings. The molecule has 11 atom stereocenters. The van der Waals surface area contributed by atoms with Gasteiger partial charge in [-0.15, -0.1) is 0 Å². The summed E-state index contributed by atoms with van der Waals surface area (Å²) in [6.45, 7) is 36.1. The molecule has 0 heterocycles. The zero-order valence-corrected chi connectivity index (χ0v) is 65.5. The summed E-state index contributed by atoms with van der Waals surface area (Å²) in [5, 5.41) is 58.1. The van der Waals surface area contributed by atoms with E-state index in [2.05, 4.69) is 71.9 Å². The molecule has 0 aliphatic carbocycles. The number of carbonyl (C=O) groups excluding carboxylic acids is 2. The predicted octanol–water partition coefficient (Wildman–Crippen LogP) is 23.1. The third-order valence-electron chi connectivity index (χ3n) is 20.5. The fourth-order valence-corrected chi connectivity index (χ4v) is 14.2. The number of hydrogen-bond donors (Lipinski definition) is 5. The van der Waals surface area contributed by atoms with Crippen molar-refractivity contribution >= 4 is 12.3 Å². The lowest BCUT2D eigenvalue weighted by Crippen LogP contribution is -2.26. The smallest absolute Gasteiger partial charge is 0.508 e. The third-order valence-corrected chi connectivity index (χ3v) is 20.5. The Bertz CT molecular complexity index is 4450. The van der Waals surface area contributed by atoms with Crippen LogP contribution in [-0.4, -0.2) is 74.8 Å². The van der Waals surface area contributed by atoms with E-state index in [0.717, 1.165) is 91.6 Å². The van der Waals surface area contributed by atoms with Gasteiger partial charge in [0.1, 0.15) is 62.9 Å². The summed E-state index contributed by atoms with van der Waals surface area (Å²) >= 11 is 0. The van der Waals surface area contributed by atoms with Gasteiger partial charge in [0.2, 0.25) is 0 Å². The van der Waals surface area contributed by atoms with E-state index in [0.29, 0.717) is 47.3 Å². The molecule has 9 aromatic rings. The highest BCUT2D eigenvalue weighted by Crippen LogP contribution is 2.46. The van der Waals surface area contributed by atoms with E-state index in [1.807, 2.05) is 139 Å². The maximum Gasteiger partial charge on any atom is 0.514 e. The minimum absolute atomic E-state index is 0.0291. The van der Waals surface area contributed by atoms with E-state index in [1.54, 1.807) is 96.1 Å². The lowest BCUT2D eigenvalue weighted by molar-refractivity contribution is -0.0620. The van der Waals surface area contributed by atoms with Gasteiger partial charge in [0.05, 0.1) is 0 Å². The maximum absolute atomic E-state index is 12.5. The van der Waals surface area contributed by atoms with E-state index >= 15 is 0 Å².